The van der Waals surface area contributed by atoms with Crippen LogP contribution in [0.2, 0.25) is 0 Å². The maximum absolute atomic E-state index is 4.65. The minimum Gasteiger partial charge on any atom is -0.354 e. The van der Waals surface area contributed by atoms with Crippen molar-refractivity contribution >= 4 is 5.82 Å². The predicted molar refractivity (Wildman–Crippen MR) is 88.5 cm³/mol. The Hall–Kier alpha value is -1.16. The maximum atomic E-state index is 4.65. The van der Waals surface area contributed by atoms with E-state index in [1.54, 1.807) is 0 Å². The van der Waals surface area contributed by atoms with Crippen molar-refractivity contribution in [1.82, 2.24) is 15.3 Å². The number of rotatable bonds is 1. The molecule has 1 saturated heterocycles. The summed E-state index contributed by atoms with van der Waals surface area (Å²) in [6, 6.07) is 2.00. The van der Waals surface area contributed by atoms with Crippen LogP contribution >= 0.6 is 0 Å². The molecule has 1 aliphatic heterocycles. The molecule has 0 bridgehead atoms. The first kappa shape index (κ1) is 18.8. The summed E-state index contributed by atoms with van der Waals surface area (Å²) in [6.07, 6.45) is 1.87. The van der Waals surface area contributed by atoms with Crippen LogP contribution in [0.15, 0.2) is 12.3 Å². The Kier molecular flexibility index (Phi) is 9.14. The third-order valence-electron chi connectivity index (χ3n) is 2.75. The molecule has 116 valence electrons. The van der Waals surface area contributed by atoms with Crippen molar-refractivity contribution < 1.29 is 0 Å². The van der Waals surface area contributed by atoms with Crippen LogP contribution in [0.4, 0.5) is 5.82 Å². The summed E-state index contributed by atoms with van der Waals surface area (Å²) in [7, 11) is 0. The highest BCUT2D eigenvalue weighted by atomic mass is 15.2. The smallest absolute Gasteiger partial charge is 0.135 e. The molecule has 1 fully saturated rings. The van der Waals surface area contributed by atoms with E-state index >= 15 is 0 Å². The quantitative estimate of drug-likeness (QED) is 0.857. The van der Waals surface area contributed by atoms with Gasteiger partial charge in [0.25, 0.3) is 0 Å². The van der Waals surface area contributed by atoms with Crippen molar-refractivity contribution in [2.75, 3.05) is 31.1 Å². The van der Waals surface area contributed by atoms with E-state index in [-0.39, 0.29) is 5.41 Å². The van der Waals surface area contributed by atoms with Crippen LogP contribution < -0.4 is 10.2 Å². The van der Waals surface area contributed by atoms with Gasteiger partial charge >= 0.3 is 0 Å². The van der Waals surface area contributed by atoms with Crippen molar-refractivity contribution in [2.45, 2.75) is 53.9 Å². The Morgan fingerprint density at radius 3 is 2.10 bits per heavy atom. The SMILES string of the molecule is CC.CC.CC(C)(C)c1nccc(N2CCNCC2)n1. The largest absolute Gasteiger partial charge is 0.354 e. The standard InChI is InChI=1S/C12H20N4.2C2H6/c1-12(2,3)11-14-5-4-10(15-11)16-8-6-13-7-9-16;2*1-2/h4-5,13H,6-9H2,1-3H3;2*1-2H3. The van der Waals surface area contributed by atoms with Gasteiger partial charge in [-0.2, -0.15) is 0 Å². The predicted octanol–water partition coefficient (Wildman–Crippen LogP) is 3.24. The van der Waals surface area contributed by atoms with Crippen molar-refractivity contribution in [1.29, 1.82) is 0 Å². The van der Waals surface area contributed by atoms with E-state index in [1.165, 1.54) is 0 Å². The summed E-state index contributed by atoms with van der Waals surface area (Å²) >= 11 is 0. The molecule has 1 aromatic rings. The van der Waals surface area contributed by atoms with E-state index < -0.39 is 0 Å². The van der Waals surface area contributed by atoms with E-state index in [1.807, 2.05) is 40.0 Å². The van der Waals surface area contributed by atoms with Crippen LogP contribution in [-0.2, 0) is 5.41 Å². The summed E-state index contributed by atoms with van der Waals surface area (Å²) < 4.78 is 0. The van der Waals surface area contributed by atoms with Gasteiger partial charge in [0.2, 0.25) is 0 Å². The Balaban J connectivity index is 0.000000829. The summed E-state index contributed by atoms with van der Waals surface area (Å²) in [4.78, 5) is 11.3. The van der Waals surface area contributed by atoms with E-state index in [4.69, 9.17) is 0 Å². The summed E-state index contributed by atoms with van der Waals surface area (Å²) in [5.74, 6) is 1.98. The molecule has 0 spiro atoms. The first-order chi connectivity index (χ1) is 9.57. The highest BCUT2D eigenvalue weighted by Crippen LogP contribution is 2.20. The van der Waals surface area contributed by atoms with Gasteiger partial charge in [0.05, 0.1) is 0 Å². The van der Waals surface area contributed by atoms with Crippen molar-refractivity contribution in [3.8, 4) is 0 Å². The molecule has 1 aromatic heterocycles. The molecule has 4 heteroatoms. The van der Waals surface area contributed by atoms with Crippen molar-refractivity contribution in [3.05, 3.63) is 18.1 Å². The second kappa shape index (κ2) is 9.70. The summed E-state index contributed by atoms with van der Waals surface area (Å²) in [6.45, 7) is 18.6. The number of nitrogens with zero attached hydrogens (tertiary/aromatic N) is 3. The van der Waals surface area contributed by atoms with E-state index in [2.05, 4.69) is 41.0 Å². The molecule has 0 unspecified atom stereocenters. The molecule has 0 atom stereocenters. The number of nitrogens with one attached hydrogen (secondary N) is 1. The van der Waals surface area contributed by atoms with Gasteiger partial charge in [-0.25, -0.2) is 9.97 Å². The fraction of sp³-hybridized carbons (Fsp3) is 0.750. The minimum atomic E-state index is 0.0179. The molecular weight excluding hydrogens is 248 g/mol. The van der Waals surface area contributed by atoms with Crippen LogP contribution in [0.3, 0.4) is 0 Å². The third kappa shape index (κ3) is 5.87. The van der Waals surface area contributed by atoms with E-state index in [0.717, 1.165) is 37.8 Å². The summed E-state index contributed by atoms with van der Waals surface area (Å²) in [5.41, 5.74) is 0.0179. The molecule has 0 radical (unpaired) electrons. The molecule has 1 aliphatic rings. The highest BCUT2D eigenvalue weighted by molar-refractivity contribution is 5.38. The minimum absolute atomic E-state index is 0.0179. The van der Waals surface area contributed by atoms with Gasteiger partial charge in [-0.1, -0.05) is 48.5 Å². The molecule has 0 saturated carbocycles. The Morgan fingerprint density at radius 2 is 1.60 bits per heavy atom. The first-order valence-electron chi connectivity index (χ1n) is 7.86. The van der Waals surface area contributed by atoms with Crippen LogP contribution in [0.5, 0.6) is 0 Å². The third-order valence-corrected chi connectivity index (χ3v) is 2.75. The number of anilines is 1. The molecule has 4 nitrogen and oxygen atoms in total. The zero-order chi connectivity index (χ0) is 15.6. The molecule has 1 N–H and O–H groups in total. The summed E-state index contributed by atoms with van der Waals surface area (Å²) in [5, 5.41) is 3.34. The Morgan fingerprint density at radius 1 is 1.05 bits per heavy atom. The lowest BCUT2D eigenvalue weighted by Crippen LogP contribution is -2.44. The van der Waals surface area contributed by atoms with E-state index in [0.29, 0.717) is 0 Å². The molecule has 0 amide bonds. The zero-order valence-corrected chi connectivity index (χ0v) is 14.3. The fourth-order valence-electron chi connectivity index (χ4n) is 1.78. The average Bonchev–Trinajstić information content (AvgIpc) is 2.51. The van der Waals surface area contributed by atoms with Gasteiger partial charge in [-0.3, -0.25) is 0 Å². The normalized spacial score (nSPS) is 14.7. The number of hydrogen-bond donors (Lipinski definition) is 1. The van der Waals surface area contributed by atoms with Gasteiger partial charge in [-0.05, 0) is 6.07 Å². The molecule has 2 heterocycles. The zero-order valence-electron chi connectivity index (χ0n) is 14.3. The van der Waals surface area contributed by atoms with Gasteiger partial charge < -0.3 is 10.2 Å². The number of aromatic nitrogens is 2. The van der Waals surface area contributed by atoms with Crippen molar-refractivity contribution in [3.63, 3.8) is 0 Å². The molecule has 20 heavy (non-hydrogen) atoms. The van der Waals surface area contributed by atoms with Crippen LogP contribution in [0.1, 0.15) is 54.3 Å². The highest BCUT2D eigenvalue weighted by Gasteiger charge is 2.19. The van der Waals surface area contributed by atoms with Crippen LogP contribution in [0, 0.1) is 0 Å². The lowest BCUT2D eigenvalue weighted by atomic mass is 9.96. The average molecular weight is 280 g/mol. The van der Waals surface area contributed by atoms with Crippen LogP contribution in [-0.4, -0.2) is 36.1 Å². The van der Waals surface area contributed by atoms with Crippen molar-refractivity contribution in [2.24, 2.45) is 0 Å². The second-order valence-corrected chi connectivity index (χ2v) is 5.23. The first-order valence-corrected chi connectivity index (χ1v) is 7.86. The molecular formula is C16H32N4. The van der Waals surface area contributed by atoms with Gasteiger partial charge in [0.15, 0.2) is 0 Å². The Labute approximate surface area is 125 Å². The van der Waals surface area contributed by atoms with E-state index in [9.17, 15) is 0 Å². The molecule has 2 rings (SSSR count). The van der Waals surface area contributed by atoms with Gasteiger partial charge in [0.1, 0.15) is 11.6 Å². The lowest BCUT2D eigenvalue weighted by Gasteiger charge is -2.29. The number of hydrogen-bond acceptors (Lipinski definition) is 4. The number of piperazine rings is 1. The fourth-order valence-corrected chi connectivity index (χ4v) is 1.78. The second-order valence-electron chi connectivity index (χ2n) is 5.23. The molecule has 0 aliphatic carbocycles. The van der Waals surface area contributed by atoms with Gasteiger partial charge in [0, 0.05) is 37.8 Å². The maximum Gasteiger partial charge on any atom is 0.135 e. The lowest BCUT2D eigenvalue weighted by molar-refractivity contribution is 0.538. The van der Waals surface area contributed by atoms with Gasteiger partial charge in [-0.15, -0.1) is 0 Å². The van der Waals surface area contributed by atoms with Crippen LogP contribution in [0.25, 0.3) is 0 Å². The Bertz CT molecular complexity index is 352. The topological polar surface area (TPSA) is 41.1 Å². The monoisotopic (exact) mass is 280 g/mol. The molecule has 0 aromatic carbocycles.